The van der Waals surface area contributed by atoms with Crippen LogP contribution in [0.25, 0.3) is 21.8 Å². The van der Waals surface area contributed by atoms with E-state index in [9.17, 15) is 9.18 Å². The average Bonchev–Trinajstić information content (AvgIpc) is 2.64. The van der Waals surface area contributed by atoms with Crippen molar-refractivity contribution in [3.8, 4) is 0 Å². The lowest BCUT2D eigenvalue weighted by Crippen LogP contribution is -2.24. The number of unbranched alkanes of at least 4 members (excludes halogenated alkanes) is 1. The minimum atomic E-state index is -0.330. The molecule has 0 fully saturated rings. The molecular formula is C21H25FN2O. The first-order valence-corrected chi connectivity index (χ1v) is 9.09. The summed E-state index contributed by atoms with van der Waals surface area (Å²) in [7, 11) is 0. The second-order valence-corrected chi connectivity index (χ2v) is 6.37. The van der Waals surface area contributed by atoms with Gasteiger partial charge in [-0.25, -0.2) is 4.39 Å². The summed E-state index contributed by atoms with van der Waals surface area (Å²) in [5, 5.41) is 1.12. The fraction of sp³-hybridized carbons (Fsp3) is 0.381. The highest BCUT2D eigenvalue weighted by atomic mass is 19.1. The molecule has 3 aromatic rings. The van der Waals surface area contributed by atoms with E-state index >= 15 is 0 Å². The van der Waals surface area contributed by atoms with Crippen molar-refractivity contribution in [1.29, 1.82) is 0 Å². The van der Waals surface area contributed by atoms with Gasteiger partial charge in [0.05, 0.1) is 11.0 Å². The van der Waals surface area contributed by atoms with Crippen LogP contribution in [0.2, 0.25) is 0 Å². The zero-order chi connectivity index (χ0) is 17.8. The number of hydrogen-bond acceptors (Lipinski definition) is 2. The molecule has 2 aromatic carbocycles. The molecule has 1 heterocycles. The lowest BCUT2D eigenvalue weighted by Gasteiger charge is -2.19. The minimum absolute atomic E-state index is 0.0931. The van der Waals surface area contributed by atoms with E-state index in [1.807, 2.05) is 28.8 Å². The minimum Gasteiger partial charge on any atom is -0.338 e. The molecule has 25 heavy (non-hydrogen) atoms. The van der Waals surface area contributed by atoms with Crippen LogP contribution in [0.3, 0.4) is 0 Å². The third-order valence-electron chi connectivity index (χ3n) is 4.94. The summed E-state index contributed by atoms with van der Waals surface area (Å²) < 4.78 is 16.5. The fourth-order valence-corrected chi connectivity index (χ4v) is 3.52. The Bertz CT molecular complexity index is 928. The van der Waals surface area contributed by atoms with Crippen molar-refractivity contribution in [2.24, 2.45) is 0 Å². The van der Waals surface area contributed by atoms with E-state index in [1.165, 1.54) is 6.07 Å². The van der Waals surface area contributed by atoms with Crippen molar-refractivity contribution in [3.63, 3.8) is 0 Å². The molecule has 0 saturated heterocycles. The van der Waals surface area contributed by atoms with Crippen LogP contribution < -0.4 is 5.43 Å². The fourth-order valence-electron chi connectivity index (χ4n) is 3.52. The second kappa shape index (κ2) is 7.79. The Balaban J connectivity index is 2.00. The SMILES string of the molecule is CCN(CC)CCCCn1c2ccccc2c(=O)c2cccc(F)c21. The van der Waals surface area contributed by atoms with Gasteiger partial charge in [-0.1, -0.05) is 32.0 Å². The van der Waals surface area contributed by atoms with E-state index in [0.29, 0.717) is 22.8 Å². The van der Waals surface area contributed by atoms with Crippen molar-refractivity contribution in [1.82, 2.24) is 9.47 Å². The molecule has 0 radical (unpaired) electrons. The number of hydrogen-bond donors (Lipinski definition) is 0. The van der Waals surface area contributed by atoms with E-state index in [1.54, 1.807) is 12.1 Å². The van der Waals surface area contributed by atoms with Gasteiger partial charge in [0, 0.05) is 17.3 Å². The Labute approximate surface area is 147 Å². The van der Waals surface area contributed by atoms with Crippen LogP contribution in [0, 0.1) is 5.82 Å². The van der Waals surface area contributed by atoms with Gasteiger partial charge in [0.15, 0.2) is 5.43 Å². The van der Waals surface area contributed by atoms with Gasteiger partial charge in [0.1, 0.15) is 5.82 Å². The van der Waals surface area contributed by atoms with Crippen LogP contribution in [0.4, 0.5) is 4.39 Å². The monoisotopic (exact) mass is 340 g/mol. The molecule has 0 spiro atoms. The highest BCUT2D eigenvalue weighted by Crippen LogP contribution is 2.22. The molecule has 0 N–H and O–H groups in total. The largest absolute Gasteiger partial charge is 0.338 e. The van der Waals surface area contributed by atoms with Gasteiger partial charge in [-0.05, 0) is 56.7 Å². The van der Waals surface area contributed by atoms with Gasteiger partial charge in [-0.15, -0.1) is 0 Å². The number of fused-ring (bicyclic) bond motifs is 2. The summed E-state index contributed by atoms with van der Waals surface area (Å²) in [5.74, 6) is -0.330. The lowest BCUT2D eigenvalue weighted by atomic mass is 10.1. The maximum atomic E-state index is 14.5. The molecule has 3 nitrogen and oxygen atoms in total. The molecule has 1 aromatic heterocycles. The van der Waals surface area contributed by atoms with Crippen LogP contribution in [0.15, 0.2) is 47.3 Å². The zero-order valence-electron chi connectivity index (χ0n) is 15.0. The van der Waals surface area contributed by atoms with Gasteiger partial charge < -0.3 is 9.47 Å². The number of nitrogens with zero attached hydrogens (tertiary/aromatic N) is 2. The predicted molar refractivity (Wildman–Crippen MR) is 103 cm³/mol. The van der Waals surface area contributed by atoms with Crippen LogP contribution in [-0.4, -0.2) is 29.1 Å². The van der Waals surface area contributed by atoms with Gasteiger partial charge >= 0.3 is 0 Å². The second-order valence-electron chi connectivity index (χ2n) is 6.37. The molecule has 0 bridgehead atoms. The maximum Gasteiger partial charge on any atom is 0.197 e. The molecule has 132 valence electrons. The van der Waals surface area contributed by atoms with E-state index in [4.69, 9.17) is 0 Å². The van der Waals surface area contributed by atoms with E-state index in [0.717, 1.165) is 38.0 Å². The van der Waals surface area contributed by atoms with Gasteiger partial charge in [0.25, 0.3) is 0 Å². The summed E-state index contributed by atoms with van der Waals surface area (Å²) in [6.45, 7) is 8.19. The summed E-state index contributed by atoms with van der Waals surface area (Å²) in [6, 6.07) is 12.3. The molecule has 4 heteroatoms. The number of benzene rings is 2. The number of halogens is 1. The smallest absolute Gasteiger partial charge is 0.197 e. The summed E-state index contributed by atoms with van der Waals surface area (Å²) >= 11 is 0. The predicted octanol–water partition coefficient (Wildman–Crippen LogP) is 4.42. The molecule has 0 aliphatic rings. The Hall–Kier alpha value is -2.20. The van der Waals surface area contributed by atoms with Gasteiger partial charge in [-0.2, -0.15) is 0 Å². The molecule has 3 rings (SSSR count). The standard InChI is InChI=1S/C21H25FN2O/c1-3-23(4-2)14-7-8-15-24-19-13-6-5-10-16(19)21(25)17-11-9-12-18(22)20(17)24/h5-6,9-13H,3-4,7-8,14-15H2,1-2H3. The molecule has 0 aliphatic carbocycles. The van der Waals surface area contributed by atoms with Gasteiger partial charge in [0.2, 0.25) is 0 Å². The molecule has 0 amide bonds. The number of aryl methyl sites for hydroxylation is 1. The first kappa shape index (κ1) is 17.6. The Kier molecular flexibility index (Phi) is 5.49. The van der Waals surface area contributed by atoms with Crippen molar-refractivity contribution >= 4 is 21.8 Å². The molecule has 0 atom stereocenters. The van der Waals surface area contributed by atoms with Crippen LogP contribution in [-0.2, 0) is 6.54 Å². The first-order valence-electron chi connectivity index (χ1n) is 9.09. The summed E-state index contributed by atoms with van der Waals surface area (Å²) in [6.07, 6.45) is 2.00. The van der Waals surface area contributed by atoms with Crippen LogP contribution in [0.1, 0.15) is 26.7 Å². The Morgan fingerprint density at radius 1 is 0.960 bits per heavy atom. The van der Waals surface area contributed by atoms with Crippen LogP contribution in [0.5, 0.6) is 0 Å². The number of pyridine rings is 1. The van der Waals surface area contributed by atoms with E-state index < -0.39 is 0 Å². The number of aromatic nitrogens is 1. The lowest BCUT2D eigenvalue weighted by molar-refractivity contribution is 0.295. The topological polar surface area (TPSA) is 25.2 Å². The number of para-hydroxylation sites is 2. The normalized spacial score (nSPS) is 11.7. The van der Waals surface area contributed by atoms with Crippen molar-refractivity contribution in [3.05, 3.63) is 58.5 Å². The molecule has 0 unspecified atom stereocenters. The third kappa shape index (κ3) is 3.45. The highest BCUT2D eigenvalue weighted by molar-refractivity contribution is 5.93. The van der Waals surface area contributed by atoms with E-state index in [-0.39, 0.29) is 11.2 Å². The quantitative estimate of drug-likeness (QED) is 0.470. The molecule has 0 aliphatic heterocycles. The first-order chi connectivity index (χ1) is 12.2. The zero-order valence-corrected chi connectivity index (χ0v) is 15.0. The van der Waals surface area contributed by atoms with Gasteiger partial charge in [-0.3, -0.25) is 4.79 Å². The molecule has 0 saturated carbocycles. The van der Waals surface area contributed by atoms with E-state index in [2.05, 4.69) is 18.7 Å². The summed E-state index contributed by atoms with van der Waals surface area (Å²) in [4.78, 5) is 15.1. The Morgan fingerprint density at radius 2 is 1.68 bits per heavy atom. The third-order valence-corrected chi connectivity index (χ3v) is 4.94. The van der Waals surface area contributed by atoms with Crippen molar-refractivity contribution < 1.29 is 4.39 Å². The molecular weight excluding hydrogens is 315 g/mol. The van der Waals surface area contributed by atoms with Crippen molar-refractivity contribution in [2.45, 2.75) is 33.2 Å². The Morgan fingerprint density at radius 3 is 2.44 bits per heavy atom. The number of rotatable bonds is 7. The van der Waals surface area contributed by atoms with Crippen LogP contribution >= 0.6 is 0 Å². The average molecular weight is 340 g/mol. The summed E-state index contributed by atoms with van der Waals surface area (Å²) in [5.41, 5.74) is 1.14. The highest BCUT2D eigenvalue weighted by Gasteiger charge is 2.13. The van der Waals surface area contributed by atoms with Crippen molar-refractivity contribution in [2.75, 3.05) is 19.6 Å². The maximum absolute atomic E-state index is 14.5.